The van der Waals surface area contributed by atoms with E-state index in [1.54, 1.807) is 25.1 Å². The minimum absolute atomic E-state index is 0.120. The van der Waals surface area contributed by atoms with Gasteiger partial charge in [-0.05, 0) is 73.7 Å². The lowest BCUT2D eigenvalue weighted by Gasteiger charge is -2.08. The van der Waals surface area contributed by atoms with E-state index < -0.39 is 33.7 Å². The number of nitrogens with zero attached hydrogens (tertiary/aromatic N) is 2. The van der Waals surface area contributed by atoms with Crippen molar-refractivity contribution in [2.24, 2.45) is 4.99 Å². The number of halogens is 1. The molecule has 0 unspecified atom stereocenters. The first-order valence-electron chi connectivity index (χ1n) is 11.5. The summed E-state index contributed by atoms with van der Waals surface area (Å²) < 4.78 is 52.5. The molecule has 4 rings (SSSR count). The van der Waals surface area contributed by atoms with E-state index in [0.717, 1.165) is 35.6 Å². The van der Waals surface area contributed by atoms with Crippen LogP contribution in [0.1, 0.15) is 27.6 Å². The molecule has 1 N–H and O–H groups in total. The van der Waals surface area contributed by atoms with Crippen molar-refractivity contribution in [1.82, 2.24) is 4.57 Å². The second-order valence-corrected chi connectivity index (χ2v) is 10.7. The van der Waals surface area contributed by atoms with E-state index in [-0.39, 0.29) is 34.1 Å². The number of nitrogens with one attached hydrogen (secondary N) is 1. The van der Waals surface area contributed by atoms with Crippen LogP contribution in [0.2, 0.25) is 0 Å². The fraction of sp³-hybridized carbons (Fsp3) is 0.154. The Morgan fingerprint density at radius 2 is 1.67 bits per heavy atom. The van der Waals surface area contributed by atoms with Crippen molar-refractivity contribution in [2.75, 3.05) is 18.4 Å². The van der Waals surface area contributed by atoms with Gasteiger partial charge in [-0.3, -0.25) is 14.3 Å². The van der Waals surface area contributed by atoms with Crippen LogP contribution in [0.5, 0.6) is 0 Å². The van der Waals surface area contributed by atoms with Gasteiger partial charge in [-0.2, -0.15) is 4.99 Å². The lowest BCUT2D eigenvalue weighted by molar-refractivity contribution is -0.143. The number of sulfonamides is 1. The smallest absolute Gasteiger partial charge is 0.337 e. The number of benzene rings is 3. The summed E-state index contributed by atoms with van der Waals surface area (Å²) in [5, 5.41) is 0. The highest BCUT2D eigenvalue weighted by atomic mass is 32.2. The van der Waals surface area contributed by atoms with Gasteiger partial charge in [-0.25, -0.2) is 17.6 Å². The third kappa shape index (κ3) is 6.38. The van der Waals surface area contributed by atoms with Gasteiger partial charge in [0, 0.05) is 11.3 Å². The molecule has 0 radical (unpaired) electrons. The lowest BCUT2D eigenvalue weighted by atomic mass is 10.2. The largest absolute Gasteiger partial charge is 0.465 e. The SMILES string of the molecule is CCOC(=O)Cn1c(=NC(=O)c2ccc(NS(=O)(=O)c3ccc(F)cc3)cc2)sc2cc(C(=O)OC)ccc21. The molecule has 0 spiro atoms. The molecular weight excluding hydrogens is 549 g/mol. The summed E-state index contributed by atoms with van der Waals surface area (Å²) in [6, 6.07) is 14.7. The minimum atomic E-state index is -3.96. The average molecular weight is 572 g/mol. The van der Waals surface area contributed by atoms with Gasteiger partial charge in [0.25, 0.3) is 15.9 Å². The van der Waals surface area contributed by atoms with Crippen LogP contribution < -0.4 is 9.52 Å². The van der Waals surface area contributed by atoms with Gasteiger partial charge in [-0.1, -0.05) is 11.3 Å². The highest BCUT2D eigenvalue weighted by Gasteiger charge is 2.17. The molecule has 0 aliphatic rings. The Kier molecular flexibility index (Phi) is 8.21. The molecule has 0 saturated heterocycles. The van der Waals surface area contributed by atoms with Gasteiger partial charge < -0.3 is 14.0 Å². The number of aromatic nitrogens is 1. The molecule has 0 saturated carbocycles. The molecular formula is C26H22FN3O7S2. The second-order valence-electron chi connectivity index (χ2n) is 8.00. The summed E-state index contributed by atoms with van der Waals surface area (Å²) in [4.78, 5) is 41.4. The number of thiazole rings is 1. The number of hydrogen-bond donors (Lipinski definition) is 1. The third-order valence-corrected chi connectivity index (χ3v) is 7.84. The number of fused-ring (bicyclic) bond motifs is 1. The Morgan fingerprint density at radius 3 is 2.31 bits per heavy atom. The fourth-order valence-electron chi connectivity index (χ4n) is 3.55. The van der Waals surface area contributed by atoms with Crippen LogP contribution in [-0.4, -0.2) is 44.5 Å². The lowest BCUT2D eigenvalue weighted by Crippen LogP contribution is -2.23. The molecule has 0 fully saturated rings. The number of rotatable bonds is 8. The summed E-state index contributed by atoms with van der Waals surface area (Å²) >= 11 is 1.10. The number of esters is 2. The maximum absolute atomic E-state index is 13.1. The predicted molar refractivity (Wildman–Crippen MR) is 141 cm³/mol. The first-order valence-corrected chi connectivity index (χ1v) is 13.8. The van der Waals surface area contributed by atoms with E-state index in [1.807, 2.05) is 0 Å². The van der Waals surface area contributed by atoms with Gasteiger partial charge in [0.15, 0.2) is 4.80 Å². The minimum Gasteiger partial charge on any atom is -0.465 e. The highest BCUT2D eigenvalue weighted by molar-refractivity contribution is 7.92. The average Bonchev–Trinajstić information content (AvgIpc) is 3.24. The van der Waals surface area contributed by atoms with Crippen LogP contribution in [-0.2, 0) is 30.8 Å². The molecule has 0 aliphatic heterocycles. The molecule has 0 aliphatic carbocycles. The van der Waals surface area contributed by atoms with Gasteiger partial charge in [0.1, 0.15) is 12.4 Å². The maximum atomic E-state index is 13.1. The molecule has 3 aromatic carbocycles. The molecule has 1 amide bonds. The van der Waals surface area contributed by atoms with Crippen LogP contribution in [0.25, 0.3) is 10.2 Å². The van der Waals surface area contributed by atoms with Crippen LogP contribution >= 0.6 is 11.3 Å². The number of anilines is 1. The van der Waals surface area contributed by atoms with Crippen LogP contribution in [0.15, 0.2) is 76.6 Å². The molecule has 39 heavy (non-hydrogen) atoms. The first-order chi connectivity index (χ1) is 18.6. The Morgan fingerprint density at radius 1 is 1.00 bits per heavy atom. The molecule has 0 bridgehead atoms. The van der Waals surface area contributed by atoms with Crippen LogP contribution in [0.4, 0.5) is 10.1 Å². The number of ether oxygens (including phenoxy) is 2. The van der Waals surface area contributed by atoms with Gasteiger partial charge >= 0.3 is 11.9 Å². The monoisotopic (exact) mass is 571 g/mol. The van der Waals surface area contributed by atoms with E-state index >= 15 is 0 Å². The first kappa shape index (κ1) is 27.7. The summed E-state index contributed by atoms with van der Waals surface area (Å²) in [5.74, 6) is -2.26. The number of amides is 1. The fourth-order valence-corrected chi connectivity index (χ4v) is 5.68. The maximum Gasteiger partial charge on any atom is 0.337 e. The highest BCUT2D eigenvalue weighted by Crippen LogP contribution is 2.21. The summed E-state index contributed by atoms with van der Waals surface area (Å²) in [6.07, 6.45) is 0. The van der Waals surface area contributed by atoms with Crippen LogP contribution in [0, 0.1) is 5.82 Å². The van der Waals surface area contributed by atoms with Crippen molar-refractivity contribution >= 4 is 55.1 Å². The van der Waals surface area contributed by atoms with Gasteiger partial charge in [-0.15, -0.1) is 0 Å². The zero-order valence-electron chi connectivity index (χ0n) is 20.7. The topological polar surface area (TPSA) is 133 Å². The number of carbonyl (C=O) groups is 3. The summed E-state index contributed by atoms with van der Waals surface area (Å²) in [5.41, 5.74) is 1.21. The van der Waals surface area contributed by atoms with Crippen molar-refractivity contribution in [3.8, 4) is 0 Å². The van der Waals surface area contributed by atoms with Crippen molar-refractivity contribution in [3.05, 3.63) is 88.5 Å². The molecule has 1 heterocycles. The molecule has 13 heteroatoms. The normalized spacial score (nSPS) is 11.8. The number of carbonyl (C=O) groups excluding carboxylic acids is 3. The Labute approximate surface area is 226 Å². The van der Waals surface area contributed by atoms with Crippen molar-refractivity contribution < 1.29 is 36.7 Å². The molecule has 10 nitrogen and oxygen atoms in total. The zero-order chi connectivity index (χ0) is 28.2. The predicted octanol–water partition coefficient (Wildman–Crippen LogP) is 3.73. The summed E-state index contributed by atoms with van der Waals surface area (Å²) in [6.45, 7) is 1.65. The van der Waals surface area contributed by atoms with E-state index in [4.69, 9.17) is 9.47 Å². The second kappa shape index (κ2) is 11.6. The van der Waals surface area contributed by atoms with E-state index in [1.165, 1.54) is 35.9 Å². The van der Waals surface area contributed by atoms with Crippen molar-refractivity contribution in [2.45, 2.75) is 18.4 Å². The van der Waals surface area contributed by atoms with Crippen molar-refractivity contribution in [3.63, 3.8) is 0 Å². The molecule has 4 aromatic rings. The quantitative estimate of drug-likeness (QED) is 0.319. The number of methoxy groups -OCH3 is 1. The Bertz CT molecular complexity index is 1730. The Balaban J connectivity index is 1.64. The van der Waals surface area contributed by atoms with Gasteiger partial charge in [0.05, 0.1) is 34.4 Å². The van der Waals surface area contributed by atoms with Crippen LogP contribution in [0.3, 0.4) is 0 Å². The standard InChI is InChI=1S/C26H22FN3O7S2/c1-3-37-23(31)15-30-21-13-6-17(25(33)36-2)14-22(21)38-26(30)28-24(32)16-4-9-19(10-5-16)29-39(34,35)20-11-7-18(27)8-12-20/h4-14,29H,3,15H2,1-2H3. The Hall–Kier alpha value is -4.36. The van der Waals surface area contributed by atoms with Crippen molar-refractivity contribution in [1.29, 1.82) is 0 Å². The summed E-state index contributed by atoms with van der Waals surface area (Å²) in [7, 11) is -2.70. The number of hydrogen-bond acceptors (Lipinski definition) is 8. The van der Waals surface area contributed by atoms with Gasteiger partial charge in [0.2, 0.25) is 0 Å². The molecule has 202 valence electrons. The molecule has 0 atom stereocenters. The zero-order valence-corrected chi connectivity index (χ0v) is 22.3. The van der Waals surface area contributed by atoms with E-state index in [0.29, 0.717) is 15.8 Å². The third-order valence-electron chi connectivity index (χ3n) is 5.40. The molecule has 1 aromatic heterocycles. The van der Waals surface area contributed by atoms with E-state index in [2.05, 4.69) is 9.71 Å². The van der Waals surface area contributed by atoms with E-state index in [9.17, 15) is 27.2 Å².